The number of ether oxygens (including phenoxy) is 2. The number of rotatable bonds is 9. The normalized spacial score (nSPS) is 16.4. The Balaban J connectivity index is 1.40. The van der Waals surface area contributed by atoms with Crippen LogP contribution in [0.5, 0.6) is 11.5 Å². The third kappa shape index (κ3) is 6.48. The summed E-state index contributed by atoms with van der Waals surface area (Å²) in [6.07, 6.45) is 1.28. The molecule has 1 aliphatic heterocycles. The summed E-state index contributed by atoms with van der Waals surface area (Å²) in [5.41, 5.74) is 3.86. The summed E-state index contributed by atoms with van der Waals surface area (Å²) in [5.74, 6) is 0.00108. The number of carboxylic acids is 1. The zero-order valence-corrected chi connectivity index (χ0v) is 19.7. The van der Waals surface area contributed by atoms with Crippen molar-refractivity contribution in [2.75, 3.05) is 7.11 Å². The summed E-state index contributed by atoms with van der Waals surface area (Å²) in [7, 11) is 1.60. The van der Waals surface area contributed by atoms with Crippen LogP contribution in [0.1, 0.15) is 17.5 Å². The largest absolute Gasteiger partial charge is 0.496 e. The lowest BCUT2D eigenvalue weighted by molar-refractivity contribution is -0.138. The van der Waals surface area contributed by atoms with Crippen molar-refractivity contribution in [1.82, 2.24) is 5.32 Å². The Morgan fingerprint density at radius 1 is 1.09 bits per heavy atom. The highest BCUT2D eigenvalue weighted by Gasteiger charge is 2.32. The van der Waals surface area contributed by atoms with E-state index in [2.05, 4.69) is 27.7 Å². The molecule has 35 heavy (non-hydrogen) atoms. The zero-order chi connectivity index (χ0) is 24.6. The molecule has 8 nitrogen and oxygen atoms in total. The molecule has 4 rings (SSSR count). The van der Waals surface area contributed by atoms with Crippen molar-refractivity contribution in [2.24, 2.45) is 10.2 Å². The standard InChI is InChI=1S/C26H23N3O5S/c1-33-22-12-7-17(15-27-29-26-28-25(32)23(35-26)14-24(30)31)13-20(22)16-34-21-10-8-19(9-11-21)18-5-3-2-4-6-18/h2-13,15,23H,14,16H2,1H3,(H,30,31)(H,28,29,32). The first-order valence-corrected chi connectivity index (χ1v) is 11.7. The fraction of sp³-hybridized carbons (Fsp3) is 0.154. The monoisotopic (exact) mass is 489 g/mol. The van der Waals surface area contributed by atoms with E-state index < -0.39 is 11.2 Å². The van der Waals surface area contributed by atoms with Crippen molar-refractivity contribution in [3.8, 4) is 22.6 Å². The number of amidine groups is 1. The molecule has 1 atom stereocenters. The van der Waals surface area contributed by atoms with E-state index >= 15 is 0 Å². The number of hydrogen-bond acceptors (Lipinski definition) is 7. The molecule has 1 aliphatic rings. The van der Waals surface area contributed by atoms with Gasteiger partial charge in [0.25, 0.3) is 0 Å². The van der Waals surface area contributed by atoms with Crippen LogP contribution in [0.2, 0.25) is 0 Å². The molecular formula is C26H23N3O5S. The maximum Gasteiger partial charge on any atom is 0.305 e. The number of nitrogens with zero attached hydrogens (tertiary/aromatic N) is 2. The van der Waals surface area contributed by atoms with E-state index in [9.17, 15) is 9.59 Å². The fourth-order valence-electron chi connectivity index (χ4n) is 3.42. The smallest absolute Gasteiger partial charge is 0.305 e. The van der Waals surface area contributed by atoms with Crippen LogP contribution in [0.25, 0.3) is 11.1 Å². The topological polar surface area (TPSA) is 110 Å². The summed E-state index contributed by atoms with van der Waals surface area (Å²) in [6.45, 7) is 0.298. The van der Waals surface area contributed by atoms with Gasteiger partial charge in [0, 0.05) is 5.56 Å². The number of amides is 1. The van der Waals surface area contributed by atoms with Crippen LogP contribution in [0.4, 0.5) is 0 Å². The third-order valence-electron chi connectivity index (χ3n) is 5.15. The van der Waals surface area contributed by atoms with E-state index in [1.54, 1.807) is 13.3 Å². The van der Waals surface area contributed by atoms with E-state index in [0.29, 0.717) is 12.4 Å². The molecule has 1 fully saturated rings. The van der Waals surface area contributed by atoms with Crippen LogP contribution in [0.3, 0.4) is 0 Å². The highest BCUT2D eigenvalue weighted by molar-refractivity contribution is 8.15. The first kappa shape index (κ1) is 24.0. The molecule has 0 aromatic heterocycles. The predicted octanol–water partition coefficient (Wildman–Crippen LogP) is 4.34. The number of aliphatic carboxylic acids is 1. The van der Waals surface area contributed by atoms with E-state index in [-0.39, 0.29) is 17.5 Å². The summed E-state index contributed by atoms with van der Waals surface area (Å²) in [5, 5.41) is 19.0. The molecule has 0 aliphatic carbocycles. The van der Waals surface area contributed by atoms with E-state index in [1.165, 1.54) is 0 Å². The molecule has 0 spiro atoms. The summed E-state index contributed by atoms with van der Waals surface area (Å²) < 4.78 is 11.4. The van der Waals surface area contributed by atoms with Gasteiger partial charge in [-0.3, -0.25) is 9.59 Å². The molecule has 1 amide bonds. The van der Waals surface area contributed by atoms with Gasteiger partial charge in [-0.15, -0.1) is 5.10 Å². The van der Waals surface area contributed by atoms with Gasteiger partial charge in [0.2, 0.25) is 5.91 Å². The van der Waals surface area contributed by atoms with Gasteiger partial charge in [0.05, 0.1) is 19.7 Å². The minimum absolute atomic E-state index is 0.268. The maximum atomic E-state index is 11.8. The molecule has 1 heterocycles. The molecule has 9 heteroatoms. The first-order valence-electron chi connectivity index (χ1n) is 10.8. The van der Waals surface area contributed by atoms with Gasteiger partial charge in [0.15, 0.2) is 5.17 Å². The average molecular weight is 490 g/mol. The Kier molecular flexibility index (Phi) is 7.79. The lowest BCUT2D eigenvalue weighted by atomic mass is 10.1. The number of carbonyl (C=O) groups is 2. The molecular weight excluding hydrogens is 466 g/mol. The number of carboxylic acid groups (broad SMARTS) is 1. The summed E-state index contributed by atoms with van der Waals surface area (Å²) in [4.78, 5) is 22.6. The Morgan fingerprint density at radius 2 is 1.83 bits per heavy atom. The lowest BCUT2D eigenvalue weighted by Gasteiger charge is -2.11. The Hall–Kier alpha value is -4.11. The van der Waals surface area contributed by atoms with Crippen molar-refractivity contribution < 1.29 is 24.2 Å². The van der Waals surface area contributed by atoms with Crippen LogP contribution in [0, 0.1) is 0 Å². The second kappa shape index (κ2) is 11.3. The second-order valence-corrected chi connectivity index (χ2v) is 8.79. The van der Waals surface area contributed by atoms with Gasteiger partial charge >= 0.3 is 5.97 Å². The van der Waals surface area contributed by atoms with Gasteiger partial charge in [-0.05, 0) is 47.0 Å². The van der Waals surface area contributed by atoms with Crippen LogP contribution >= 0.6 is 11.8 Å². The molecule has 3 aromatic rings. The number of benzene rings is 3. The van der Waals surface area contributed by atoms with Gasteiger partial charge in [-0.25, -0.2) is 0 Å². The maximum absolute atomic E-state index is 11.8. The van der Waals surface area contributed by atoms with E-state index in [0.717, 1.165) is 39.8 Å². The summed E-state index contributed by atoms with van der Waals surface area (Å²) in [6, 6.07) is 23.6. The van der Waals surface area contributed by atoms with E-state index in [4.69, 9.17) is 14.6 Å². The minimum Gasteiger partial charge on any atom is -0.496 e. The number of methoxy groups -OCH3 is 1. The molecule has 0 bridgehead atoms. The van der Waals surface area contributed by atoms with Gasteiger partial charge in [0.1, 0.15) is 23.4 Å². The Labute approximate surface area is 206 Å². The molecule has 1 saturated heterocycles. The van der Waals surface area contributed by atoms with Gasteiger partial charge in [-0.2, -0.15) is 5.10 Å². The van der Waals surface area contributed by atoms with E-state index in [1.807, 2.05) is 60.7 Å². The van der Waals surface area contributed by atoms with Crippen LogP contribution in [0.15, 0.2) is 83.0 Å². The van der Waals surface area contributed by atoms with Gasteiger partial charge < -0.3 is 19.9 Å². The number of nitrogens with one attached hydrogen (secondary N) is 1. The van der Waals surface area contributed by atoms with Crippen molar-refractivity contribution in [3.05, 3.63) is 83.9 Å². The van der Waals surface area contributed by atoms with Gasteiger partial charge in [-0.1, -0.05) is 54.2 Å². The Bertz CT molecular complexity index is 1260. The van der Waals surface area contributed by atoms with Crippen LogP contribution in [-0.2, 0) is 16.2 Å². The molecule has 0 saturated carbocycles. The molecule has 2 N–H and O–H groups in total. The molecule has 3 aromatic carbocycles. The fourth-order valence-corrected chi connectivity index (χ4v) is 4.34. The molecule has 0 radical (unpaired) electrons. The predicted molar refractivity (Wildman–Crippen MR) is 136 cm³/mol. The van der Waals surface area contributed by atoms with Crippen molar-refractivity contribution in [1.29, 1.82) is 0 Å². The quantitative estimate of drug-likeness (QED) is 0.342. The lowest BCUT2D eigenvalue weighted by Crippen LogP contribution is -2.26. The van der Waals surface area contributed by atoms with Crippen molar-refractivity contribution in [3.63, 3.8) is 0 Å². The Morgan fingerprint density at radius 3 is 2.54 bits per heavy atom. The zero-order valence-electron chi connectivity index (χ0n) is 18.9. The summed E-state index contributed by atoms with van der Waals surface area (Å²) >= 11 is 1.05. The third-order valence-corrected chi connectivity index (χ3v) is 6.22. The molecule has 1 unspecified atom stereocenters. The highest BCUT2D eigenvalue weighted by Crippen LogP contribution is 2.25. The van der Waals surface area contributed by atoms with Crippen LogP contribution < -0.4 is 14.8 Å². The van der Waals surface area contributed by atoms with Crippen molar-refractivity contribution >= 4 is 35.0 Å². The number of carbonyl (C=O) groups excluding carboxylic acids is 1. The average Bonchev–Trinajstić information content (AvgIpc) is 3.21. The SMILES string of the molecule is COc1ccc(C=NN=C2NC(=O)C(CC(=O)O)S2)cc1COc1ccc(-c2ccccc2)cc1. The highest BCUT2D eigenvalue weighted by atomic mass is 32.2. The van der Waals surface area contributed by atoms with Crippen LogP contribution in [-0.4, -0.2) is 40.7 Å². The second-order valence-electron chi connectivity index (χ2n) is 7.59. The van der Waals surface area contributed by atoms with Crippen molar-refractivity contribution in [2.45, 2.75) is 18.3 Å². The minimum atomic E-state index is -1.04. The first-order chi connectivity index (χ1) is 17.0. The number of hydrogen-bond donors (Lipinski definition) is 2. The molecule has 178 valence electrons. The number of thioether (sulfide) groups is 1.